The molecule has 1 saturated heterocycles. The SMILES string of the molecule is COc1ccccc1CCNc1ccnc(N2CCN(C=O)CC2)n1. The summed E-state index contributed by atoms with van der Waals surface area (Å²) >= 11 is 0. The summed E-state index contributed by atoms with van der Waals surface area (Å²) in [6, 6.07) is 9.89. The van der Waals surface area contributed by atoms with Gasteiger partial charge in [-0.05, 0) is 24.1 Å². The second-order valence-corrected chi connectivity index (χ2v) is 5.86. The average molecular weight is 341 g/mol. The summed E-state index contributed by atoms with van der Waals surface area (Å²) in [5.41, 5.74) is 1.16. The van der Waals surface area contributed by atoms with Crippen molar-refractivity contribution in [2.75, 3.05) is 50.1 Å². The van der Waals surface area contributed by atoms with E-state index in [1.807, 2.05) is 24.3 Å². The van der Waals surface area contributed by atoms with Gasteiger partial charge in [-0.15, -0.1) is 0 Å². The molecular formula is C18H23N5O2. The van der Waals surface area contributed by atoms with Crippen LogP contribution in [0, 0.1) is 0 Å². The molecule has 2 heterocycles. The van der Waals surface area contributed by atoms with Crippen LogP contribution in [-0.4, -0.2) is 61.1 Å². The monoisotopic (exact) mass is 341 g/mol. The van der Waals surface area contributed by atoms with Gasteiger partial charge >= 0.3 is 0 Å². The first kappa shape index (κ1) is 17.0. The standard InChI is InChI=1S/C18H23N5O2/c1-25-16-5-3-2-4-15(16)6-8-19-17-7-9-20-18(21-17)23-12-10-22(14-24)11-13-23/h2-5,7,9,14H,6,8,10-13H2,1H3,(H,19,20,21). The molecule has 1 aromatic carbocycles. The molecule has 7 heteroatoms. The number of nitrogens with zero attached hydrogens (tertiary/aromatic N) is 4. The fourth-order valence-corrected chi connectivity index (χ4v) is 2.86. The first-order chi connectivity index (χ1) is 12.3. The van der Waals surface area contributed by atoms with Crippen molar-refractivity contribution in [3.8, 4) is 5.75 Å². The number of carbonyl (C=O) groups excluding carboxylic acids is 1. The predicted octanol–water partition coefficient (Wildman–Crippen LogP) is 1.42. The van der Waals surface area contributed by atoms with Crippen LogP contribution in [0.15, 0.2) is 36.5 Å². The van der Waals surface area contributed by atoms with Crippen molar-refractivity contribution in [3.63, 3.8) is 0 Å². The molecule has 0 atom stereocenters. The number of rotatable bonds is 7. The van der Waals surface area contributed by atoms with E-state index in [1.165, 1.54) is 0 Å². The van der Waals surface area contributed by atoms with Gasteiger partial charge in [0.1, 0.15) is 11.6 Å². The largest absolute Gasteiger partial charge is 0.496 e. The average Bonchev–Trinajstić information content (AvgIpc) is 2.69. The molecule has 0 saturated carbocycles. The lowest BCUT2D eigenvalue weighted by Crippen LogP contribution is -2.46. The number of methoxy groups -OCH3 is 1. The fourth-order valence-electron chi connectivity index (χ4n) is 2.86. The summed E-state index contributed by atoms with van der Waals surface area (Å²) in [4.78, 5) is 23.6. The van der Waals surface area contributed by atoms with E-state index in [0.29, 0.717) is 19.0 Å². The Bertz CT molecular complexity index is 701. The zero-order valence-corrected chi connectivity index (χ0v) is 14.4. The van der Waals surface area contributed by atoms with E-state index < -0.39 is 0 Å². The Balaban J connectivity index is 1.56. The number of aromatic nitrogens is 2. The number of amides is 1. The van der Waals surface area contributed by atoms with Gasteiger partial charge in [-0.1, -0.05) is 18.2 Å². The molecule has 1 aromatic heterocycles. The molecule has 0 spiro atoms. The molecule has 25 heavy (non-hydrogen) atoms. The van der Waals surface area contributed by atoms with Crippen molar-refractivity contribution in [1.82, 2.24) is 14.9 Å². The van der Waals surface area contributed by atoms with Crippen molar-refractivity contribution >= 4 is 18.2 Å². The van der Waals surface area contributed by atoms with E-state index in [2.05, 4.69) is 26.3 Å². The Morgan fingerprint density at radius 2 is 2.00 bits per heavy atom. The molecule has 132 valence electrons. The van der Waals surface area contributed by atoms with Crippen LogP contribution < -0.4 is 15.0 Å². The molecule has 1 amide bonds. The van der Waals surface area contributed by atoms with Crippen molar-refractivity contribution in [2.24, 2.45) is 0 Å². The lowest BCUT2D eigenvalue weighted by atomic mass is 10.1. The molecule has 1 fully saturated rings. The Morgan fingerprint density at radius 3 is 2.76 bits per heavy atom. The zero-order chi connectivity index (χ0) is 17.5. The quantitative estimate of drug-likeness (QED) is 0.768. The molecule has 0 bridgehead atoms. The summed E-state index contributed by atoms with van der Waals surface area (Å²) in [5.74, 6) is 2.41. The number of nitrogens with one attached hydrogen (secondary N) is 1. The van der Waals surface area contributed by atoms with Crippen LogP contribution in [-0.2, 0) is 11.2 Å². The van der Waals surface area contributed by atoms with Gasteiger partial charge in [-0.3, -0.25) is 4.79 Å². The molecule has 3 rings (SSSR count). The highest BCUT2D eigenvalue weighted by atomic mass is 16.5. The summed E-state index contributed by atoms with van der Waals surface area (Å²) < 4.78 is 5.38. The maximum Gasteiger partial charge on any atom is 0.227 e. The highest BCUT2D eigenvalue weighted by Gasteiger charge is 2.17. The Labute approximate surface area is 147 Å². The fraction of sp³-hybridized carbons (Fsp3) is 0.389. The topological polar surface area (TPSA) is 70.6 Å². The molecular weight excluding hydrogens is 318 g/mol. The van der Waals surface area contributed by atoms with Crippen LogP contribution in [0.2, 0.25) is 0 Å². The van der Waals surface area contributed by atoms with Gasteiger partial charge in [0, 0.05) is 38.9 Å². The number of piperazine rings is 1. The number of ether oxygens (including phenoxy) is 1. The number of benzene rings is 1. The van der Waals surface area contributed by atoms with Crippen LogP contribution in [0.3, 0.4) is 0 Å². The molecule has 0 radical (unpaired) electrons. The minimum Gasteiger partial charge on any atom is -0.496 e. The maximum atomic E-state index is 10.8. The van der Waals surface area contributed by atoms with E-state index in [1.54, 1.807) is 18.2 Å². The third-order valence-electron chi connectivity index (χ3n) is 4.28. The van der Waals surface area contributed by atoms with E-state index in [0.717, 1.165) is 49.6 Å². The van der Waals surface area contributed by atoms with Crippen LogP contribution >= 0.6 is 0 Å². The van der Waals surface area contributed by atoms with Crippen LogP contribution in [0.4, 0.5) is 11.8 Å². The summed E-state index contributed by atoms with van der Waals surface area (Å²) in [6.07, 6.45) is 3.51. The lowest BCUT2D eigenvalue weighted by molar-refractivity contribution is -0.118. The molecule has 1 aliphatic rings. The van der Waals surface area contributed by atoms with Crippen molar-refractivity contribution in [1.29, 1.82) is 0 Å². The van der Waals surface area contributed by atoms with Crippen molar-refractivity contribution in [2.45, 2.75) is 6.42 Å². The third kappa shape index (κ3) is 4.37. The Morgan fingerprint density at radius 1 is 1.20 bits per heavy atom. The zero-order valence-electron chi connectivity index (χ0n) is 14.4. The highest BCUT2D eigenvalue weighted by Crippen LogP contribution is 2.18. The maximum absolute atomic E-state index is 10.8. The number of anilines is 2. The van der Waals surface area contributed by atoms with Gasteiger partial charge < -0.3 is 19.9 Å². The van der Waals surface area contributed by atoms with Crippen LogP contribution in [0.25, 0.3) is 0 Å². The van der Waals surface area contributed by atoms with E-state index >= 15 is 0 Å². The van der Waals surface area contributed by atoms with Gasteiger partial charge in [-0.2, -0.15) is 4.98 Å². The van der Waals surface area contributed by atoms with Crippen molar-refractivity contribution in [3.05, 3.63) is 42.1 Å². The molecule has 0 unspecified atom stereocenters. The van der Waals surface area contributed by atoms with E-state index in [4.69, 9.17) is 4.74 Å². The Kier molecular flexibility index (Phi) is 5.66. The number of carbonyl (C=O) groups is 1. The predicted molar refractivity (Wildman–Crippen MR) is 97.1 cm³/mol. The number of hydrogen-bond donors (Lipinski definition) is 1. The van der Waals surface area contributed by atoms with Gasteiger partial charge in [0.05, 0.1) is 7.11 Å². The van der Waals surface area contributed by atoms with Crippen molar-refractivity contribution < 1.29 is 9.53 Å². The second kappa shape index (κ2) is 8.32. The minimum absolute atomic E-state index is 0.702. The van der Waals surface area contributed by atoms with Crippen LogP contribution in [0.1, 0.15) is 5.56 Å². The molecule has 1 aliphatic heterocycles. The normalized spacial score (nSPS) is 14.3. The first-order valence-corrected chi connectivity index (χ1v) is 8.43. The smallest absolute Gasteiger partial charge is 0.227 e. The minimum atomic E-state index is 0.702. The number of hydrogen-bond acceptors (Lipinski definition) is 6. The number of para-hydroxylation sites is 1. The second-order valence-electron chi connectivity index (χ2n) is 5.86. The first-order valence-electron chi connectivity index (χ1n) is 8.43. The molecule has 2 aromatic rings. The van der Waals surface area contributed by atoms with Gasteiger partial charge in [0.25, 0.3) is 0 Å². The lowest BCUT2D eigenvalue weighted by Gasteiger charge is -2.32. The third-order valence-corrected chi connectivity index (χ3v) is 4.28. The van der Waals surface area contributed by atoms with Crippen LogP contribution in [0.5, 0.6) is 5.75 Å². The Hall–Kier alpha value is -2.83. The van der Waals surface area contributed by atoms with Gasteiger partial charge in [0.2, 0.25) is 12.4 Å². The van der Waals surface area contributed by atoms with Gasteiger partial charge in [0.15, 0.2) is 0 Å². The summed E-state index contributed by atoms with van der Waals surface area (Å²) in [6.45, 7) is 3.68. The molecule has 1 N–H and O–H groups in total. The van der Waals surface area contributed by atoms with E-state index in [9.17, 15) is 4.79 Å². The summed E-state index contributed by atoms with van der Waals surface area (Å²) in [5, 5.41) is 3.34. The molecule has 0 aliphatic carbocycles. The summed E-state index contributed by atoms with van der Waals surface area (Å²) in [7, 11) is 1.69. The molecule has 7 nitrogen and oxygen atoms in total. The van der Waals surface area contributed by atoms with Gasteiger partial charge in [-0.25, -0.2) is 4.98 Å². The van der Waals surface area contributed by atoms with E-state index in [-0.39, 0.29) is 0 Å². The highest BCUT2D eigenvalue weighted by molar-refractivity contribution is 5.49.